The third-order valence-electron chi connectivity index (χ3n) is 4.64. The van der Waals surface area contributed by atoms with Crippen molar-refractivity contribution in [2.45, 2.75) is 52.1 Å². The van der Waals surface area contributed by atoms with Crippen LogP contribution in [0.15, 0.2) is 30.3 Å². The Labute approximate surface area is 124 Å². The van der Waals surface area contributed by atoms with Crippen LogP contribution in [0.3, 0.4) is 0 Å². The molecule has 0 radical (unpaired) electrons. The smallest absolute Gasteiger partial charge is 0.0358 e. The summed E-state index contributed by atoms with van der Waals surface area (Å²) in [6, 6.07) is 12.2. The normalized spacial score (nSPS) is 22.9. The summed E-state index contributed by atoms with van der Waals surface area (Å²) in [4.78, 5) is 2.71. The topological polar surface area (TPSA) is 15.3 Å². The fourth-order valence-corrected chi connectivity index (χ4v) is 3.60. The number of benzene rings is 1. The number of rotatable bonds is 7. The average Bonchev–Trinajstić information content (AvgIpc) is 2.92. The maximum absolute atomic E-state index is 3.68. The standard InChI is InChI=1S/C18H30N2/c1-4-17-12-9-13-20(17)14-15(3)18(19-5-2)16-10-7-6-8-11-16/h6-8,10-11,15,17-19H,4-5,9,12-14H2,1-3H3. The highest BCUT2D eigenvalue weighted by Crippen LogP contribution is 2.27. The van der Waals surface area contributed by atoms with Gasteiger partial charge in [-0.2, -0.15) is 0 Å². The highest BCUT2D eigenvalue weighted by Gasteiger charge is 2.27. The molecule has 20 heavy (non-hydrogen) atoms. The fourth-order valence-electron chi connectivity index (χ4n) is 3.60. The van der Waals surface area contributed by atoms with E-state index in [4.69, 9.17) is 0 Å². The lowest BCUT2D eigenvalue weighted by atomic mass is 9.93. The molecular formula is C18H30N2. The van der Waals surface area contributed by atoms with Crippen molar-refractivity contribution in [1.29, 1.82) is 0 Å². The van der Waals surface area contributed by atoms with Gasteiger partial charge in [-0.15, -0.1) is 0 Å². The van der Waals surface area contributed by atoms with Crippen LogP contribution in [0.1, 0.15) is 51.6 Å². The Morgan fingerprint density at radius 1 is 1.25 bits per heavy atom. The molecule has 2 heteroatoms. The predicted molar refractivity (Wildman–Crippen MR) is 86.9 cm³/mol. The molecule has 1 aromatic carbocycles. The summed E-state index contributed by atoms with van der Waals surface area (Å²) in [6.45, 7) is 10.5. The Morgan fingerprint density at radius 2 is 2.00 bits per heavy atom. The van der Waals surface area contributed by atoms with Gasteiger partial charge in [0.05, 0.1) is 0 Å². The van der Waals surface area contributed by atoms with E-state index in [0.29, 0.717) is 12.0 Å². The summed E-state index contributed by atoms with van der Waals surface area (Å²) in [5.41, 5.74) is 1.43. The maximum atomic E-state index is 3.68. The van der Waals surface area contributed by atoms with Crippen LogP contribution in [0.5, 0.6) is 0 Å². The summed E-state index contributed by atoms with van der Waals surface area (Å²) in [5, 5.41) is 3.68. The van der Waals surface area contributed by atoms with Gasteiger partial charge in [-0.05, 0) is 43.8 Å². The molecule has 0 aromatic heterocycles. The summed E-state index contributed by atoms with van der Waals surface area (Å²) >= 11 is 0. The van der Waals surface area contributed by atoms with Crippen molar-refractivity contribution < 1.29 is 0 Å². The highest BCUT2D eigenvalue weighted by atomic mass is 15.2. The molecule has 3 unspecified atom stereocenters. The lowest BCUT2D eigenvalue weighted by Gasteiger charge is -2.32. The van der Waals surface area contributed by atoms with Gasteiger partial charge in [0.15, 0.2) is 0 Å². The van der Waals surface area contributed by atoms with Crippen LogP contribution in [0, 0.1) is 5.92 Å². The zero-order chi connectivity index (χ0) is 14.4. The molecule has 1 aliphatic rings. The van der Waals surface area contributed by atoms with Crippen molar-refractivity contribution in [1.82, 2.24) is 10.2 Å². The Morgan fingerprint density at radius 3 is 2.65 bits per heavy atom. The van der Waals surface area contributed by atoms with Gasteiger partial charge < -0.3 is 10.2 Å². The van der Waals surface area contributed by atoms with Crippen molar-refractivity contribution in [2.75, 3.05) is 19.6 Å². The van der Waals surface area contributed by atoms with E-state index in [1.165, 1.54) is 37.9 Å². The summed E-state index contributed by atoms with van der Waals surface area (Å²) < 4.78 is 0. The van der Waals surface area contributed by atoms with E-state index in [1.807, 2.05) is 0 Å². The van der Waals surface area contributed by atoms with E-state index < -0.39 is 0 Å². The first-order valence-corrected chi connectivity index (χ1v) is 8.28. The second-order valence-electron chi connectivity index (χ2n) is 6.12. The molecule has 0 bridgehead atoms. The molecule has 1 fully saturated rings. The maximum Gasteiger partial charge on any atom is 0.0358 e. The van der Waals surface area contributed by atoms with Gasteiger partial charge in [-0.1, -0.05) is 51.1 Å². The van der Waals surface area contributed by atoms with Gasteiger partial charge in [0.2, 0.25) is 0 Å². The van der Waals surface area contributed by atoms with E-state index in [2.05, 4.69) is 61.3 Å². The Kier molecular flexibility index (Phi) is 6.06. The zero-order valence-corrected chi connectivity index (χ0v) is 13.3. The molecule has 0 saturated carbocycles. The van der Waals surface area contributed by atoms with Crippen molar-refractivity contribution in [3.8, 4) is 0 Å². The molecule has 1 saturated heterocycles. The minimum atomic E-state index is 0.472. The van der Waals surface area contributed by atoms with Crippen LogP contribution in [0.2, 0.25) is 0 Å². The molecule has 1 N–H and O–H groups in total. The predicted octanol–water partition coefficient (Wildman–Crippen LogP) is 3.85. The largest absolute Gasteiger partial charge is 0.310 e. The van der Waals surface area contributed by atoms with E-state index in [9.17, 15) is 0 Å². The SMILES string of the molecule is CCNC(c1ccccc1)C(C)CN1CCCC1CC. The molecule has 1 aromatic rings. The molecular weight excluding hydrogens is 244 g/mol. The monoisotopic (exact) mass is 274 g/mol. The van der Waals surface area contributed by atoms with Crippen LogP contribution in [-0.2, 0) is 0 Å². The second-order valence-corrected chi connectivity index (χ2v) is 6.12. The van der Waals surface area contributed by atoms with Crippen molar-refractivity contribution in [2.24, 2.45) is 5.92 Å². The highest BCUT2D eigenvalue weighted by molar-refractivity contribution is 5.19. The van der Waals surface area contributed by atoms with Gasteiger partial charge in [0, 0.05) is 18.6 Å². The lowest BCUT2D eigenvalue weighted by Crippen LogP contribution is -2.38. The van der Waals surface area contributed by atoms with Gasteiger partial charge in [-0.3, -0.25) is 0 Å². The van der Waals surface area contributed by atoms with Gasteiger partial charge >= 0.3 is 0 Å². The van der Waals surface area contributed by atoms with E-state index in [1.54, 1.807) is 0 Å². The van der Waals surface area contributed by atoms with Crippen LogP contribution in [-0.4, -0.2) is 30.6 Å². The van der Waals surface area contributed by atoms with Crippen LogP contribution < -0.4 is 5.32 Å². The van der Waals surface area contributed by atoms with E-state index in [-0.39, 0.29) is 0 Å². The molecule has 112 valence electrons. The number of nitrogens with one attached hydrogen (secondary N) is 1. The third kappa shape index (κ3) is 3.83. The first-order chi connectivity index (χ1) is 9.76. The average molecular weight is 274 g/mol. The summed E-state index contributed by atoms with van der Waals surface area (Å²) in [7, 11) is 0. The summed E-state index contributed by atoms with van der Waals surface area (Å²) in [6.07, 6.45) is 4.06. The van der Waals surface area contributed by atoms with Gasteiger partial charge in [-0.25, -0.2) is 0 Å². The van der Waals surface area contributed by atoms with Crippen molar-refractivity contribution >= 4 is 0 Å². The second kappa shape index (κ2) is 7.80. The minimum Gasteiger partial charge on any atom is -0.310 e. The lowest BCUT2D eigenvalue weighted by molar-refractivity contribution is 0.193. The molecule has 2 rings (SSSR count). The number of hydrogen-bond donors (Lipinski definition) is 1. The fraction of sp³-hybridized carbons (Fsp3) is 0.667. The Hall–Kier alpha value is -0.860. The zero-order valence-electron chi connectivity index (χ0n) is 13.3. The Bertz CT molecular complexity index is 376. The van der Waals surface area contributed by atoms with Crippen LogP contribution in [0.4, 0.5) is 0 Å². The van der Waals surface area contributed by atoms with Crippen molar-refractivity contribution in [3.05, 3.63) is 35.9 Å². The quantitative estimate of drug-likeness (QED) is 0.812. The molecule has 1 aliphatic heterocycles. The molecule has 2 nitrogen and oxygen atoms in total. The number of likely N-dealkylation sites (tertiary alicyclic amines) is 1. The number of nitrogens with zero attached hydrogens (tertiary/aromatic N) is 1. The molecule has 3 atom stereocenters. The molecule has 1 heterocycles. The first-order valence-electron chi connectivity index (χ1n) is 8.28. The Balaban J connectivity index is 2.02. The van der Waals surface area contributed by atoms with E-state index >= 15 is 0 Å². The van der Waals surface area contributed by atoms with Gasteiger partial charge in [0.1, 0.15) is 0 Å². The molecule has 0 spiro atoms. The number of hydrogen-bond acceptors (Lipinski definition) is 2. The van der Waals surface area contributed by atoms with Crippen molar-refractivity contribution in [3.63, 3.8) is 0 Å². The summed E-state index contributed by atoms with van der Waals surface area (Å²) in [5.74, 6) is 0.643. The molecule has 0 amide bonds. The molecule has 0 aliphatic carbocycles. The third-order valence-corrected chi connectivity index (χ3v) is 4.64. The van der Waals surface area contributed by atoms with Crippen LogP contribution in [0.25, 0.3) is 0 Å². The van der Waals surface area contributed by atoms with Crippen LogP contribution >= 0.6 is 0 Å². The minimum absolute atomic E-state index is 0.472. The van der Waals surface area contributed by atoms with E-state index in [0.717, 1.165) is 12.6 Å². The first kappa shape index (κ1) is 15.5. The van der Waals surface area contributed by atoms with Gasteiger partial charge in [0.25, 0.3) is 0 Å².